The first-order valence-electron chi connectivity index (χ1n) is 7.63. The van der Waals surface area contributed by atoms with Crippen LogP contribution in [0.3, 0.4) is 0 Å². The first-order chi connectivity index (χ1) is 12.4. The standard InChI is InChI=1S/C14H20N4O4S4/c1-22-8-7-15-13-17-18-14(25-13)23-9-11(19)12-4-3-10(24-12)5-6-16-26(2,20)21/h3-4,16H,5-9H2,1-2H3,(H,15,17). The van der Waals surface area contributed by atoms with Gasteiger partial charge in [0.05, 0.1) is 23.5 Å². The predicted octanol–water partition coefficient (Wildman–Crippen LogP) is 1.72. The molecule has 144 valence electrons. The molecule has 0 spiro atoms. The third kappa shape index (κ3) is 7.68. The number of nitrogens with one attached hydrogen (secondary N) is 2. The molecule has 0 aliphatic rings. The maximum atomic E-state index is 12.3. The maximum Gasteiger partial charge on any atom is 0.208 e. The molecule has 0 amide bonds. The number of methoxy groups -OCH3 is 1. The van der Waals surface area contributed by atoms with Gasteiger partial charge in [0, 0.05) is 25.1 Å². The van der Waals surface area contributed by atoms with Crippen molar-refractivity contribution in [3.05, 3.63) is 21.9 Å². The fraction of sp³-hybridized carbons (Fsp3) is 0.500. The van der Waals surface area contributed by atoms with E-state index < -0.39 is 10.0 Å². The Morgan fingerprint density at radius 1 is 1.27 bits per heavy atom. The summed E-state index contributed by atoms with van der Waals surface area (Å²) in [5, 5.41) is 11.9. The van der Waals surface area contributed by atoms with Crippen LogP contribution in [0.2, 0.25) is 0 Å². The minimum absolute atomic E-state index is 0.0198. The Balaban J connectivity index is 1.77. The van der Waals surface area contributed by atoms with Crippen LogP contribution in [-0.2, 0) is 21.2 Å². The number of carbonyl (C=O) groups excluding carboxylic acids is 1. The van der Waals surface area contributed by atoms with Crippen molar-refractivity contribution >= 4 is 55.4 Å². The molecule has 2 N–H and O–H groups in total. The molecule has 0 saturated heterocycles. The topological polar surface area (TPSA) is 110 Å². The molecule has 0 saturated carbocycles. The molecule has 2 rings (SSSR count). The molecule has 0 fully saturated rings. The van der Waals surface area contributed by atoms with Gasteiger partial charge in [-0.2, -0.15) is 0 Å². The minimum atomic E-state index is -3.19. The predicted molar refractivity (Wildman–Crippen MR) is 106 cm³/mol. The number of Topliss-reactive ketones (excluding diaryl/α,β-unsaturated/α-hetero) is 1. The van der Waals surface area contributed by atoms with Crippen LogP contribution in [0.1, 0.15) is 14.5 Å². The van der Waals surface area contributed by atoms with Crippen LogP contribution in [0.5, 0.6) is 0 Å². The van der Waals surface area contributed by atoms with Crippen LogP contribution in [0.25, 0.3) is 0 Å². The average molecular weight is 437 g/mol. The summed E-state index contributed by atoms with van der Waals surface area (Å²) >= 11 is 4.14. The second kappa shape index (κ2) is 10.3. The van der Waals surface area contributed by atoms with Gasteiger partial charge in [-0.3, -0.25) is 4.79 Å². The number of ketones is 1. The highest BCUT2D eigenvalue weighted by Gasteiger charge is 2.12. The summed E-state index contributed by atoms with van der Waals surface area (Å²) in [6.45, 7) is 1.56. The molecule has 0 unspecified atom stereocenters. The molecule has 2 heterocycles. The van der Waals surface area contributed by atoms with Gasteiger partial charge < -0.3 is 10.1 Å². The largest absolute Gasteiger partial charge is 0.383 e. The number of hydrogen-bond acceptors (Lipinski definition) is 10. The highest BCUT2D eigenvalue weighted by Crippen LogP contribution is 2.27. The van der Waals surface area contributed by atoms with Crippen molar-refractivity contribution in [2.24, 2.45) is 0 Å². The van der Waals surface area contributed by atoms with E-state index >= 15 is 0 Å². The SMILES string of the molecule is COCCNc1nnc(SCC(=O)c2ccc(CCNS(C)(=O)=O)s2)s1. The fourth-order valence-electron chi connectivity index (χ4n) is 1.82. The number of thiophene rings is 1. The van der Waals surface area contributed by atoms with Crippen molar-refractivity contribution in [3.8, 4) is 0 Å². The molecule has 0 aliphatic carbocycles. The second-order valence-electron chi connectivity index (χ2n) is 5.19. The number of ether oxygens (including phenoxy) is 1. The summed E-state index contributed by atoms with van der Waals surface area (Å²) in [7, 11) is -1.56. The van der Waals surface area contributed by atoms with Gasteiger partial charge in [0.15, 0.2) is 10.1 Å². The van der Waals surface area contributed by atoms with E-state index in [0.29, 0.717) is 36.1 Å². The van der Waals surface area contributed by atoms with E-state index in [-0.39, 0.29) is 11.5 Å². The zero-order chi connectivity index (χ0) is 19.0. The summed E-state index contributed by atoms with van der Waals surface area (Å²) in [4.78, 5) is 13.9. The lowest BCUT2D eigenvalue weighted by Gasteiger charge is -1.99. The molecule has 26 heavy (non-hydrogen) atoms. The Kier molecular flexibility index (Phi) is 8.44. The summed E-state index contributed by atoms with van der Waals surface area (Å²) in [5.74, 6) is 0.306. The lowest BCUT2D eigenvalue weighted by molar-refractivity contribution is 0.102. The van der Waals surface area contributed by atoms with E-state index in [1.54, 1.807) is 13.2 Å². The van der Waals surface area contributed by atoms with Crippen LogP contribution in [0.15, 0.2) is 16.5 Å². The average Bonchev–Trinajstić information content (AvgIpc) is 3.21. The van der Waals surface area contributed by atoms with Crippen LogP contribution in [0, 0.1) is 0 Å². The van der Waals surface area contributed by atoms with Gasteiger partial charge in [-0.15, -0.1) is 21.5 Å². The number of anilines is 1. The monoisotopic (exact) mass is 436 g/mol. The normalized spacial score (nSPS) is 11.6. The van der Waals surface area contributed by atoms with E-state index in [1.807, 2.05) is 6.07 Å². The maximum absolute atomic E-state index is 12.3. The van der Waals surface area contributed by atoms with E-state index in [4.69, 9.17) is 4.74 Å². The van der Waals surface area contributed by atoms with Crippen LogP contribution in [0.4, 0.5) is 5.13 Å². The fourth-order valence-corrected chi connectivity index (χ4v) is 4.99. The molecule has 0 aliphatic heterocycles. The quantitative estimate of drug-likeness (QED) is 0.294. The van der Waals surface area contributed by atoms with Gasteiger partial charge in [0.1, 0.15) is 0 Å². The summed E-state index contributed by atoms with van der Waals surface area (Å²) in [6.07, 6.45) is 1.69. The number of aromatic nitrogens is 2. The Bertz CT molecular complexity index is 819. The van der Waals surface area contributed by atoms with Crippen LogP contribution >= 0.6 is 34.4 Å². The van der Waals surface area contributed by atoms with Crippen molar-refractivity contribution < 1.29 is 17.9 Å². The number of carbonyl (C=O) groups is 1. The first kappa shape index (κ1) is 21.3. The molecule has 2 aromatic heterocycles. The van der Waals surface area contributed by atoms with Gasteiger partial charge in [-0.1, -0.05) is 23.1 Å². The Labute approximate surface area is 164 Å². The first-order valence-corrected chi connectivity index (χ1v) is 12.1. The molecule has 8 nitrogen and oxygen atoms in total. The van der Waals surface area contributed by atoms with E-state index in [0.717, 1.165) is 15.5 Å². The van der Waals surface area contributed by atoms with Gasteiger partial charge in [-0.05, 0) is 18.6 Å². The lowest BCUT2D eigenvalue weighted by atomic mass is 10.3. The smallest absolute Gasteiger partial charge is 0.208 e. The lowest BCUT2D eigenvalue weighted by Crippen LogP contribution is -2.23. The van der Waals surface area contributed by atoms with E-state index in [2.05, 4.69) is 20.2 Å². The zero-order valence-corrected chi connectivity index (χ0v) is 17.6. The molecule has 12 heteroatoms. The van der Waals surface area contributed by atoms with E-state index in [1.165, 1.54) is 34.4 Å². The molecule has 0 aromatic carbocycles. The van der Waals surface area contributed by atoms with E-state index in [9.17, 15) is 13.2 Å². The molecule has 0 radical (unpaired) electrons. The molecule has 2 aromatic rings. The van der Waals surface area contributed by atoms with Gasteiger partial charge >= 0.3 is 0 Å². The number of sulfonamides is 1. The third-order valence-corrected chi connectivity index (χ3v) is 6.92. The van der Waals surface area contributed by atoms with Gasteiger partial charge in [-0.25, -0.2) is 13.1 Å². The van der Waals surface area contributed by atoms with Gasteiger partial charge in [0.2, 0.25) is 15.2 Å². The molecular weight excluding hydrogens is 416 g/mol. The second-order valence-corrected chi connectivity index (χ2v) is 10.4. The minimum Gasteiger partial charge on any atom is -0.383 e. The number of rotatable bonds is 12. The van der Waals surface area contributed by atoms with Gasteiger partial charge in [0.25, 0.3) is 0 Å². The van der Waals surface area contributed by atoms with Crippen molar-refractivity contribution in [2.45, 2.75) is 10.8 Å². The van der Waals surface area contributed by atoms with Crippen molar-refractivity contribution in [1.82, 2.24) is 14.9 Å². The van der Waals surface area contributed by atoms with Crippen LogP contribution < -0.4 is 10.0 Å². The summed E-state index contributed by atoms with van der Waals surface area (Å²) in [5.41, 5.74) is 0. The number of hydrogen-bond donors (Lipinski definition) is 2. The third-order valence-electron chi connectivity index (χ3n) is 2.99. The molecule has 0 atom stereocenters. The Hall–Kier alpha value is -1.05. The molecular formula is C14H20N4O4S4. The highest BCUT2D eigenvalue weighted by molar-refractivity contribution is 8.01. The molecule has 0 bridgehead atoms. The number of nitrogens with zero attached hydrogens (tertiary/aromatic N) is 2. The zero-order valence-electron chi connectivity index (χ0n) is 14.4. The Morgan fingerprint density at radius 2 is 2.08 bits per heavy atom. The Morgan fingerprint density at radius 3 is 2.81 bits per heavy atom. The highest BCUT2D eigenvalue weighted by atomic mass is 32.2. The van der Waals surface area contributed by atoms with Crippen molar-refractivity contribution in [2.75, 3.05) is 44.1 Å². The summed E-state index contributed by atoms with van der Waals surface area (Å²) < 4.78 is 30.2. The van der Waals surface area contributed by atoms with Crippen molar-refractivity contribution in [3.63, 3.8) is 0 Å². The van der Waals surface area contributed by atoms with Crippen molar-refractivity contribution in [1.29, 1.82) is 0 Å². The summed E-state index contributed by atoms with van der Waals surface area (Å²) in [6, 6.07) is 3.64. The van der Waals surface area contributed by atoms with Crippen LogP contribution in [-0.4, -0.2) is 63.2 Å². The number of thioether (sulfide) groups is 1.